The first-order valence-electron chi connectivity index (χ1n) is 8.23. The van der Waals surface area contributed by atoms with Crippen molar-refractivity contribution in [1.82, 2.24) is 0 Å². The second-order valence-electron chi connectivity index (χ2n) is 6.10. The van der Waals surface area contributed by atoms with Gasteiger partial charge in [0.05, 0.1) is 0 Å². The normalized spacial score (nSPS) is 10.3. The van der Waals surface area contributed by atoms with Crippen LogP contribution < -0.4 is 15.5 Å². The molecule has 5 heteroatoms. The lowest BCUT2D eigenvalue weighted by Crippen LogP contribution is -2.11. The van der Waals surface area contributed by atoms with E-state index in [2.05, 4.69) is 10.6 Å². The van der Waals surface area contributed by atoms with Gasteiger partial charge in [-0.15, -0.1) is 0 Å². The highest BCUT2D eigenvalue weighted by Crippen LogP contribution is 2.21. The van der Waals surface area contributed by atoms with E-state index >= 15 is 0 Å². The third kappa shape index (κ3) is 4.39. The van der Waals surface area contributed by atoms with Gasteiger partial charge in [0.15, 0.2) is 0 Å². The van der Waals surface area contributed by atoms with Gasteiger partial charge in [-0.05, 0) is 72.8 Å². The van der Waals surface area contributed by atoms with E-state index in [1.54, 1.807) is 0 Å². The summed E-state index contributed by atoms with van der Waals surface area (Å²) in [5, 5.41) is 6.11. The van der Waals surface area contributed by atoms with E-state index in [1.807, 2.05) is 67.5 Å². The molecule has 4 nitrogen and oxygen atoms in total. The lowest BCUT2D eigenvalue weighted by Gasteiger charge is -2.13. The molecule has 0 saturated carbocycles. The Morgan fingerprint density at radius 1 is 0.769 bits per heavy atom. The third-order valence-corrected chi connectivity index (χ3v) is 3.92. The fourth-order valence-corrected chi connectivity index (χ4v) is 2.45. The van der Waals surface area contributed by atoms with Crippen LogP contribution in [0.3, 0.4) is 0 Å². The lowest BCUT2D eigenvalue weighted by molar-refractivity contribution is 0.102. The van der Waals surface area contributed by atoms with Gasteiger partial charge in [0.2, 0.25) is 0 Å². The highest BCUT2D eigenvalue weighted by molar-refractivity contribution is 6.04. The maximum absolute atomic E-state index is 12.9. The Labute approximate surface area is 152 Å². The van der Waals surface area contributed by atoms with E-state index in [4.69, 9.17) is 0 Å². The topological polar surface area (TPSA) is 44.4 Å². The number of amides is 1. The maximum Gasteiger partial charge on any atom is 0.255 e. The minimum absolute atomic E-state index is 0.273. The Kier molecular flexibility index (Phi) is 5.17. The minimum atomic E-state index is -0.365. The average Bonchev–Trinajstić information content (AvgIpc) is 2.64. The summed E-state index contributed by atoms with van der Waals surface area (Å²) in [5.74, 6) is -0.638. The molecule has 0 fully saturated rings. The van der Waals surface area contributed by atoms with E-state index < -0.39 is 0 Å². The average molecular weight is 349 g/mol. The minimum Gasteiger partial charge on any atom is -0.378 e. The standard InChI is InChI=1S/C21H20FN3O/c1-25(2)20-13-11-18(12-14-20)23-17-7-9-19(10-8-17)24-21(26)15-3-5-16(22)6-4-15/h3-14,23H,1-2H3,(H,24,26). The number of carbonyl (C=O) groups is 1. The van der Waals surface area contributed by atoms with Crippen molar-refractivity contribution in [3.05, 3.63) is 84.2 Å². The smallest absolute Gasteiger partial charge is 0.255 e. The first-order valence-corrected chi connectivity index (χ1v) is 8.23. The van der Waals surface area contributed by atoms with E-state index in [9.17, 15) is 9.18 Å². The van der Waals surface area contributed by atoms with Crippen molar-refractivity contribution >= 4 is 28.7 Å². The summed E-state index contributed by atoms with van der Waals surface area (Å²) in [6, 6.07) is 21.0. The van der Waals surface area contributed by atoms with Gasteiger partial charge < -0.3 is 15.5 Å². The highest BCUT2D eigenvalue weighted by Gasteiger charge is 2.06. The second kappa shape index (κ2) is 7.70. The van der Waals surface area contributed by atoms with E-state index in [0.717, 1.165) is 17.1 Å². The Bertz CT molecular complexity index is 873. The molecular formula is C21H20FN3O. The van der Waals surface area contributed by atoms with Crippen LogP contribution in [0.4, 0.5) is 27.1 Å². The van der Waals surface area contributed by atoms with Gasteiger partial charge in [-0.1, -0.05) is 0 Å². The molecule has 26 heavy (non-hydrogen) atoms. The van der Waals surface area contributed by atoms with Crippen LogP contribution in [-0.2, 0) is 0 Å². The van der Waals surface area contributed by atoms with Crippen LogP contribution in [0.15, 0.2) is 72.8 Å². The Balaban J connectivity index is 1.62. The van der Waals surface area contributed by atoms with Crippen LogP contribution >= 0.6 is 0 Å². The molecule has 0 spiro atoms. The first kappa shape index (κ1) is 17.5. The molecule has 0 bridgehead atoms. The zero-order valence-corrected chi connectivity index (χ0v) is 14.7. The van der Waals surface area contributed by atoms with E-state index in [1.165, 1.54) is 24.3 Å². The third-order valence-electron chi connectivity index (χ3n) is 3.92. The lowest BCUT2D eigenvalue weighted by atomic mass is 10.2. The molecule has 0 aromatic heterocycles. The monoisotopic (exact) mass is 349 g/mol. The zero-order chi connectivity index (χ0) is 18.5. The summed E-state index contributed by atoms with van der Waals surface area (Å²) in [7, 11) is 4.00. The van der Waals surface area contributed by atoms with Crippen molar-refractivity contribution in [1.29, 1.82) is 0 Å². The fourth-order valence-electron chi connectivity index (χ4n) is 2.45. The van der Waals surface area contributed by atoms with Gasteiger partial charge in [-0.2, -0.15) is 0 Å². The van der Waals surface area contributed by atoms with Gasteiger partial charge >= 0.3 is 0 Å². The van der Waals surface area contributed by atoms with Crippen LogP contribution in [0, 0.1) is 5.82 Å². The number of hydrogen-bond donors (Lipinski definition) is 2. The van der Waals surface area contributed by atoms with Crippen molar-refractivity contribution in [3.63, 3.8) is 0 Å². The Morgan fingerprint density at radius 2 is 1.27 bits per heavy atom. The number of hydrogen-bond acceptors (Lipinski definition) is 3. The number of carbonyl (C=O) groups excluding carboxylic acids is 1. The molecule has 0 radical (unpaired) electrons. The van der Waals surface area contributed by atoms with Gasteiger partial charge in [0, 0.05) is 42.4 Å². The molecule has 1 amide bonds. The Hall–Kier alpha value is -3.34. The molecule has 0 atom stereocenters. The van der Waals surface area contributed by atoms with Gasteiger partial charge in [0.25, 0.3) is 5.91 Å². The number of anilines is 4. The number of benzene rings is 3. The Morgan fingerprint density at radius 3 is 1.81 bits per heavy atom. The molecule has 2 N–H and O–H groups in total. The van der Waals surface area contributed by atoms with Crippen molar-refractivity contribution in [2.24, 2.45) is 0 Å². The summed E-state index contributed by atoms with van der Waals surface area (Å²) in [6.07, 6.45) is 0. The molecule has 0 aliphatic rings. The van der Waals surface area contributed by atoms with Crippen LogP contribution in [0.2, 0.25) is 0 Å². The molecule has 0 aliphatic carbocycles. The van der Waals surface area contributed by atoms with E-state index in [0.29, 0.717) is 11.3 Å². The van der Waals surface area contributed by atoms with Crippen molar-refractivity contribution in [2.45, 2.75) is 0 Å². The predicted octanol–water partition coefficient (Wildman–Crippen LogP) is 4.89. The fraction of sp³-hybridized carbons (Fsp3) is 0.0952. The first-order chi connectivity index (χ1) is 12.5. The number of halogens is 1. The molecule has 0 saturated heterocycles. The van der Waals surface area contributed by atoms with Crippen molar-refractivity contribution in [3.8, 4) is 0 Å². The molecule has 3 aromatic rings. The van der Waals surface area contributed by atoms with Crippen molar-refractivity contribution < 1.29 is 9.18 Å². The molecule has 3 rings (SSSR count). The molecule has 0 heterocycles. The molecule has 0 aliphatic heterocycles. The number of nitrogens with zero attached hydrogens (tertiary/aromatic N) is 1. The summed E-state index contributed by atoms with van der Waals surface area (Å²) in [5.41, 5.74) is 4.12. The predicted molar refractivity (Wildman–Crippen MR) is 105 cm³/mol. The van der Waals surface area contributed by atoms with Gasteiger partial charge in [-0.25, -0.2) is 4.39 Å². The summed E-state index contributed by atoms with van der Waals surface area (Å²) < 4.78 is 12.9. The molecular weight excluding hydrogens is 329 g/mol. The summed E-state index contributed by atoms with van der Waals surface area (Å²) in [4.78, 5) is 14.2. The molecule has 132 valence electrons. The zero-order valence-electron chi connectivity index (χ0n) is 14.7. The quantitative estimate of drug-likeness (QED) is 0.689. The van der Waals surface area contributed by atoms with Crippen LogP contribution in [0.25, 0.3) is 0 Å². The van der Waals surface area contributed by atoms with Gasteiger partial charge in [0.1, 0.15) is 5.82 Å². The van der Waals surface area contributed by atoms with Crippen molar-refractivity contribution in [2.75, 3.05) is 29.6 Å². The largest absolute Gasteiger partial charge is 0.378 e. The number of nitrogens with one attached hydrogen (secondary N) is 2. The van der Waals surface area contributed by atoms with Crippen LogP contribution in [0.1, 0.15) is 10.4 Å². The number of rotatable bonds is 5. The molecule has 3 aromatic carbocycles. The highest BCUT2D eigenvalue weighted by atomic mass is 19.1. The van der Waals surface area contributed by atoms with Crippen LogP contribution in [0.5, 0.6) is 0 Å². The SMILES string of the molecule is CN(C)c1ccc(Nc2ccc(NC(=O)c3ccc(F)cc3)cc2)cc1. The summed E-state index contributed by atoms with van der Waals surface area (Å²) in [6.45, 7) is 0. The second-order valence-corrected chi connectivity index (χ2v) is 6.10. The van der Waals surface area contributed by atoms with Gasteiger partial charge in [-0.3, -0.25) is 4.79 Å². The van der Waals surface area contributed by atoms with E-state index in [-0.39, 0.29) is 11.7 Å². The maximum atomic E-state index is 12.9. The molecule has 0 unspecified atom stereocenters. The summed E-state index contributed by atoms with van der Waals surface area (Å²) >= 11 is 0. The van der Waals surface area contributed by atoms with Crippen LogP contribution in [-0.4, -0.2) is 20.0 Å².